The maximum absolute atomic E-state index is 12.0. The van der Waals surface area contributed by atoms with Gasteiger partial charge in [-0.2, -0.15) is 4.31 Å². The molecule has 0 aromatic rings. The Morgan fingerprint density at radius 1 is 1.28 bits per heavy atom. The first-order chi connectivity index (χ1) is 8.47. The summed E-state index contributed by atoms with van der Waals surface area (Å²) < 4.78 is 34.8. The minimum absolute atomic E-state index is 0.0136. The largest absolute Gasteiger partial charge is 0.465 e. The Balaban J connectivity index is 4.50. The molecule has 0 saturated heterocycles. The predicted octanol–water partition coefficient (Wildman–Crippen LogP) is 0.628. The Morgan fingerprint density at radius 3 is 2.44 bits per heavy atom. The van der Waals surface area contributed by atoms with Crippen LogP contribution < -0.4 is 0 Å². The molecule has 0 bridgehead atoms. The Hall–Kier alpha value is -0.660. The van der Waals surface area contributed by atoms with Gasteiger partial charge in [-0.15, -0.1) is 0 Å². The topological polar surface area (TPSA) is 72.9 Å². The minimum Gasteiger partial charge on any atom is -0.465 e. The van der Waals surface area contributed by atoms with Gasteiger partial charge in [0.25, 0.3) is 0 Å². The number of sulfonamides is 1. The lowest BCUT2D eigenvalue weighted by molar-refractivity contribution is -0.143. The summed E-state index contributed by atoms with van der Waals surface area (Å²) >= 11 is 0. The monoisotopic (exact) mass is 281 g/mol. The number of carbonyl (C=O) groups is 1. The van der Waals surface area contributed by atoms with Crippen LogP contribution in [-0.2, 0) is 24.3 Å². The van der Waals surface area contributed by atoms with Crippen molar-refractivity contribution in [2.45, 2.75) is 26.7 Å². The summed E-state index contributed by atoms with van der Waals surface area (Å²) in [5.74, 6) is -0.526. The van der Waals surface area contributed by atoms with Crippen molar-refractivity contribution in [2.75, 3.05) is 39.2 Å². The molecule has 0 saturated carbocycles. The van der Waals surface area contributed by atoms with Crippen LogP contribution in [0.25, 0.3) is 0 Å². The molecule has 0 aromatic carbocycles. The quantitative estimate of drug-likeness (QED) is 0.434. The van der Waals surface area contributed by atoms with Crippen molar-refractivity contribution in [1.82, 2.24) is 4.31 Å². The number of methoxy groups -OCH3 is 1. The highest BCUT2D eigenvalue weighted by Crippen LogP contribution is 2.05. The van der Waals surface area contributed by atoms with Gasteiger partial charge < -0.3 is 9.47 Å². The zero-order valence-electron chi connectivity index (χ0n) is 11.3. The highest BCUT2D eigenvalue weighted by molar-refractivity contribution is 7.89. The third-order valence-electron chi connectivity index (χ3n) is 2.23. The van der Waals surface area contributed by atoms with Gasteiger partial charge in [0.1, 0.15) is 6.54 Å². The highest BCUT2D eigenvalue weighted by Gasteiger charge is 2.23. The van der Waals surface area contributed by atoms with Gasteiger partial charge in [-0.25, -0.2) is 8.42 Å². The summed E-state index contributed by atoms with van der Waals surface area (Å²) in [6.07, 6.45) is 1.07. The average Bonchev–Trinajstić information content (AvgIpc) is 2.29. The number of esters is 1. The summed E-state index contributed by atoms with van der Waals surface area (Å²) in [6, 6.07) is 0. The van der Waals surface area contributed by atoms with E-state index in [0.29, 0.717) is 26.0 Å². The zero-order valence-corrected chi connectivity index (χ0v) is 12.2. The molecule has 0 aliphatic heterocycles. The molecule has 0 aromatic heterocycles. The normalized spacial score (nSPS) is 11.8. The molecule has 0 aliphatic carbocycles. The lowest BCUT2D eigenvalue weighted by atomic mass is 10.5. The third kappa shape index (κ3) is 6.93. The fraction of sp³-hybridized carbons (Fsp3) is 0.909. The van der Waals surface area contributed by atoms with Crippen LogP contribution >= 0.6 is 0 Å². The van der Waals surface area contributed by atoms with Crippen LogP contribution in [0.4, 0.5) is 0 Å². The Labute approximate surface area is 109 Å². The standard InChI is InChI=1S/C11H23NO5S/c1-4-7-12(10-11(13)17-5-2)18(14,15)9-6-8-16-3/h4-10H2,1-3H3. The van der Waals surface area contributed by atoms with Gasteiger partial charge in [-0.3, -0.25) is 4.79 Å². The van der Waals surface area contributed by atoms with Crippen LogP contribution in [-0.4, -0.2) is 57.9 Å². The number of carbonyl (C=O) groups excluding carboxylic acids is 1. The molecule has 6 nitrogen and oxygen atoms in total. The van der Waals surface area contributed by atoms with Crippen molar-refractivity contribution in [2.24, 2.45) is 0 Å². The first-order valence-electron chi connectivity index (χ1n) is 6.10. The molecule has 0 spiro atoms. The molecule has 0 amide bonds. The van der Waals surface area contributed by atoms with Gasteiger partial charge >= 0.3 is 5.97 Å². The van der Waals surface area contributed by atoms with Crippen LogP contribution in [0, 0.1) is 0 Å². The summed E-state index contributed by atoms with van der Waals surface area (Å²) in [4.78, 5) is 11.4. The fourth-order valence-corrected chi connectivity index (χ4v) is 2.93. The van der Waals surface area contributed by atoms with E-state index in [-0.39, 0.29) is 18.9 Å². The van der Waals surface area contributed by atoms with Crippen LogP contribution in [0.2, 0.25) is 0 Å². The molecule has 0 fully saturated rings. The molecule has 0 N–H and O–H groups in total. The molecule has 7 heteroatoms. The molecule has 0 radical (unpaired) electrons. The molecular weight excluding hydrogens is 258 g/mol. The van der Waals surface area contributed by atoms with E-state index in [9.17, 15) is 13.2 Å². The zero-order chi connectivity index (χ0) is 14.0. The van der Waals surface area contributed by atoms with Crippen molar-refractivity contribution in [3.63, 3.8) is 0 Å². The second kappa shape index (κ2) is 9.29. The van der Waals surface area contributed by atoms with E-state index < -0.39 is 16.0 Å². The molecule has 18 heavy (non-hydrogen) atoms. The average molecular weight is 281 g/mol. The van der Waals surface area contributed by atoms with Gasteiger partial charge in [-0.05, 0) is 19.8 Å². The van der Waals surface area contributed by atoms with Crippen LogP contribution in [0.15, 0.2) is 0 Å². The van der Waals surface area contributed by atoms with E-state index >= 15 is 0 Å². The Kier molecular flexibility index (Phi) is 8.95. The van der Waals surface area contributed by atoms with Crippen molar-refractivity contribution in [1.29, 1.82) is 0 Å². The van der Waals surface area contributed by atoms with E-state index in [0.717, 1.165) is 0 Å². The first-order valence-corrected chi connectivity index (χ1v) is 7.71. The maximum atomic E-state index is 12.0. The lowest BCUT2D eigenvalue weighted by Gasteiger charge is -2.20. The maximum Gasteiger partial charge on any atom is 0.321 e. The molecular formula is C11H23NO5S. The predicted molar refractivity (Wildman–Crippen MR) is 68.8 cm³/mol. The molecule has 0 rings (SSSR count). The highest BCUT2D eigenvalue weighted by atomic mass is 32.2. The van der Waals surface area contributed by atoms with Crippen molar-refractivity contribution < 1.29 is 22.7 Å². The van der Waals surface area contributed by atoms with E-state index in [1.165, 1.54) is 11.4 Å². The van der Waals surface area contributed by atoms with Gasteiger partial charge in [-0.1, -0.05) is 6.92 Å². The summed E-state index contributed by atoms with van der Waals surface area (Å²) in [5, 5.41) is 0. The second-order valence-electron chi connectivity index (χ2n) is 3.80. The number of rotatable bonds is 10. The minimum atomic E-state index is -3.42. The number of ether oxygens (including phenoxy) is 2. The van der Waals surface area contributed by atoms with E-state index in [4.69, 9.17) is 9.47 Å². The molecule has 0 aliphatic rings. The van der Waals surface area contributed by atoms with Crippen LogP contribution in [0.5, 0.6) is 0 Å². The molecule has 0 atom stereocenters. The van der Waals surface area contributed by atoms with Gasteiger partial charge in [0.15, 0.2) is 0 Å². The fourth-order valence-electron chi connectivity index (χ4n) is 1.43. The first kappa shape index (κ1) is 17.3. The van der Waals surface area contributed by atoms with Gasteiger partial charge in [0.2, 0.25) is 10.0 Å². The third-order valence-corrected chi connectivity index (χ3v) is 4.13. The summed E-state index contributed by atoms with van der Waals surface area (Å²) in [6.45, 7) is 4.31. The number of hydrogen-bond acceptors (Lipinski definition) is 5. The SMILES string of the molecule is CCCN(CC(=O)OCC)S(=O)(=O)CCCOC. The van der Waals surface area contributed by atoms with Crippen molar-refractivity contribution >= 4 is 16.0 Å². The molecule has 0 heterocycles. The van der Waals surface area contributed by atoms with Crippen molar-refractivity contribution in [3.8, 4) is 0 Å². The van der Waals surface area contributed by atoms with E-state index in [2.05, 4.69) is 0 Å². The Morgan fingerprint density at radius 2 is 1.94 bits per heavy atom. The molecule has 108 valence electrons. The second-order valence-corrected chi connectivity index (χ2v) is 5.89. The van der Waals surface area contributed by atoms with Crippen LogP contribution in [0.1, 0.15) is 26.7 Å². The Bertz CT molecular complexity index is 328. The summed E-state index contributed by atoms with van der Waals surface area (Å²) in [7, 11) is -1.89. The number of hydrogen-bond donors (Lipinski definition) is 0. The smallest absolute Gasteiger partial charge is 0.321 e. The van der Waals surface area contributed by atoms with E-state index in [1.54, 1.807) is 6.92 Å². The van der Waals surface area contributed by atoms with Gasteiger partial charge in [0.05, 0.1) is 12.4 Å². The summed E-state index contributed by atoms with van der Waals surface area (Å²) in [5.41, 5.74) is 0. The van der Waals surface area contributed by atoms with Crippen LogP contribution in [0.3, 0.4) is 0 Å². The van der Waals surface area contributed by atoms with E-state index in [1.807, 2.05) is 6.92 Å². The number of nitrogens with zero attached hydrogens (tertiary/aromatic N) is 1. The van der Waals surface area contributed by atoms with Gasteiger partial charge in [0, 0.05) is 20.3 Å². The lowest BCUT2D eigenvalue weighted by Crippen LogP contribution is -2.38. The molecule has 0 unspecified atom stereocenters. The van der Waals surface area contributed by atoms with Crippen molar-refractivity contribution in [3.05, 3.63) is 0 Å².